The van der Waals surface area contributed by atoms with Gasteiger partial charge < -0.3 is 28.8 Å². The molecule has 0 aliphatic heterocycles. The van der Waals surface area contributed by atoms with Gasteiger partial charge in [-0.1, -0.05) is 167 Å². The summed E-state index contributed by atoms with van der Waals surface area (Å²) >= 11 is 0. The normalized spacial score (nSPS) is 12.0. The molecule has 2 rings (SSSR count). The second-order valence-corrected chi connectivity index (χ2v) is 16.6. The van der Waals surface area contributed by atoms with Crippen molar-refractivity contribution >= 4 is 11.9 Å². The zero-order valence-electron chi connectivity index (χ0n) is 38.4. The Morgan fingerprint density at radius 1 is 0.456 bits per heavy atom. The first-order chi connectivity index (χ1) is 27.5. The van der Waals surface area contributed by atoms with Crippen LogP contribution in [0.25, 0.3) is 0 Å². The quantitative estimate of drug-likeness (QED) is 0.0689. The van der Waals surface area contributed by atoms with Gasteiger partial charge in [0, 0.05) is 25.5 Å². The third-order valence-electron chi connectivity index (χ3n) is 11.4. The predicted molar refractivity (Wildman–Crippen MR) is 239 cm³/mol. The van der Waals surface area contributed by atoms with Gasteiger partial charge in [0.05, 0.1) is 64.4 Å². The number of nitrogens with zero attached hydrogens (tertiary/aromatic N) is 3. The minimum absolute atomic E-state index is 0.307. The molecule has 328 valence electrons. The number of carbonyl (C=O) groups excluding carboxylic acids is 2. The molecule has 0 heterocycles. The zero-order chi connectivity index (χ0) is 42.6. The van der Waals surface area contributed by atoms with E-state index in [9.17, 15) is 19.8 Å². The molecule has 0 fully saturated rings. The minimum atomic E-state index is -1.42. The van der Waals surface area contributed by atoms with Crippen LogP contribution in [0.2, 0.25) is 0 Å². The monoisotopic (exact) mass is 796 g/mol. The molecule has 1 atom stereocenters. The number of carboxylic acid groups (broad SMARTS) is 2. The van der Waals surface area contributed by atoms with E-state index in [0.29, 0.717) is 13.1 Å². The van der Waals surface area contributed by atoms with Crippen LogP contribution in [-0.4, -0.2) is 84.2 Å². The zero-order valence-corrected chi connectivity index (χ0v) is 38.4. The van der Waals surface area contributed by atoms with E-state index in [-0.39, 0.29) is 0 Å². The molecule has 0 saturated heterocycles. The van der Waals surface area contributed by atoms with Gasteiger partial charge in [-0.3, -0.25) is 4.90 Å². The van der Waals surface area contributed by atoms with E-state index in [2.05, 4.69) is 55.4 Å². The maximum atomic E-state index is 11.4. The number of unbranched alkanes of at least 4 members (excludes halogenated alkanes) is 8. The van der Waals surface area contributed by atoms with Crippen molar-refractivity contribution in [2.24, 2.45) is 0 Å². The average Bonchev–Trinajstić information content (AvgIpc) is 3.22. The number of carbonyl (C=O) groups is 2. The van der Waals surface area contributed by atoms with E-state index < -0.39 is 24.4 Å². The highest BCUT2D eigenvalue weighted by atomic mass is 16.4. The lowest BCUT2D eigenvalue weighted by atomic mass is 10.1. The molecule has 0 bridgehead atoms. The molecule has 0 unspecified atom stereocenters. The first-order valence-corrected chi connectivity index (χ1v) is 23.5. The number of aliphatic carboxylic acids is 2. The number of hydrogen-bond donors (Lipinski definition) is 0. The highest BCUT2D eigenvalue weighted by Gasteiger charge is 2.26. The Balaban J connectivity index is 0.000000843. The summed E-state index contributed by atoms with van der Waals surface area (Å²) in [5.74, 6) is -2.83. The predicted octanol–water partition coefficient (Wildman–Crippen LogP) is 9.95. The van der Waals surface area contributed by atoms with E-state index in [1.807, 2.05) is 60.7 Å². The van der Waals surface area contributed by atoms with E-state index in [1.165, 1.54) is 164 Å². The van der Waals surface area contributed by atoms with Gasteiger partial charge >= 0.3 is 0 Å². The molecule has 0 saturated carbocycles. The average molecular weight is 796 g/mol. The van der Waals surface area contributed by atoms with Gasteiger partial charge in [0.2, 0.25) is 0 Å². The minimum Gasteiger partial charge on any atom is -0.550 e. The molecular weight excluding hydrogens is 707 g/mol. The number of benzene rings is 2. The van der Waals surface area contributed by atoms with Crippen molar-refractivity contribution in [2.75, 3.05) is 52.4 Å². The second kappa shape index (κ2) is 35.2. The van der Waals surface area contributed by atoms with Crippen LogP contribution >= 0.6 is 0 Å². The van der Waals surface area contributed by atoms with Crippen molar-refractivity contribution in [1.82, 2.24) is 4.90 Å². The number of carboxylic acids is 2. The van der Waals surface area contributed by atoms with Crippen molar-refractivity contribution in [2.45, 2.75) is 184 Å². The van der Waals surface area contributed by atoms with Gasteiger partial charge in [0.25, 0.3) is 0 Å². The van der Waals surface area contributed by atoms with E-state index >= 15 is 0 Å². The largest absolute Gasteiger partial charge is 0.550 e. The third-order valence-corrected chi connectivity index (χ3v) is 11.4. The van der Waals surface area contributed by atoms with Crippen molar-refractivity contribution < 1.29 is 28.8 Å². The van der Waals surface area contributed by atoms with Crippen molar-refractivity contribution in [3.05, 3.63) is 71.8 Å². The standard InChI is InChI=1S/C18H19NO4.2C16H36N/c20-17(21)11-16(18(22)23)19(12-14-7-3-1-4-8-14)13-15-9-5-2-6-10-15;2*1-5-9-13-17(14-10-6-2,15-11-7-3)16-12-8-4/h1-10,16H,11-13H2,(H,20,21)(H,22,23);2*5-16H2,1-4H3/q;2*+1/p-2/t16-;;/m0../s1. The van der Waals surface area contributed by atoms with Gasteiger partial charge in [0.15, 0.2) is 0 Å². The lowest BCUT2D eigenvalue weighted by molar-refractivity contribution is -0.929. The van der Waals surface area contributed by atoms with Crippen molar-refractivity contribution in [3.63, 3.8) is 0 Å². The summed E-state index contributed by atoms with van der Waals surface area (Å²) in [6.07, 6.45) is 21.5. The van der Waals surface area contributed by atoms with Crippen LogP contribution in [0.4, 0.5) is 0 Å². The number of hydrogen-bond acceptors (Lipinski definition) is 5. The molecule has 7 heteroatoms. The number of quaternary nitrogens is 2. The summed E-state index contributed by atoms with van der Waals surface area (Å²) in [5, 5.41) is 22.3. The first-order valence-electron chi connectivity index (χ1n) is 23.5. The Bertz CT molecular complexity index is 1060. The van der Waals surface area contributed by atoms with Crippen LogP contribution < -0.4 is 10.2 Å². The van der Waals surface area contributed by atoms with Crippen LogP contribution in [0.15, 0.2) is 60.7 Å². The fraction of sp³-hybridized carbons (Fsp3) is 0.720. The fourth-order valence-electron chi connectivity index (χ4n) is 7.72. The molecule has 0 N–H and O–H groups in total. The van der Waals surface area contributed by atoms with Gasteiger partial charge in [-0.15, -0.1) is 0 Å². The molecule has 0 amide bonds. The molecule has 2 aromatic carbocycles. The van der Waals surface area contributed by atoms with Gasteiger partial charge in [-0.2, -0.15) is 0 Å². The Kier molecular flexibility index (Phi) is 33.5. The Morgan fingerprint density at radius 2 is 0.702 bits per heavy atom. The molecule has 57 heavy (non-hydrogen) atoms. The van der Waals surface area contributed by atoms with Crippen LogP contribution in [0, 0.1) is 0 Å². The smallest absolute Gasteiger partial charge is 0.0786 e. The van der Waals surface area contributed by atoms with Crippen molar-refractivity contribution in [3.8, 4) is 0 Å². The maximum absolute atomic E-state index is 11.4. The van der Waals surface area contributed by atoms with E-state index in [1.54, 1.807) is 4.90 Å². The second-order valence-electron chi connectivity index (χ2n) is 16.6. The van der Waals surface area contributed by atoms with Crippen LogP contribution in [0.1, 0.15) is 176 Å². The summed E-state index contributed by atoms with van der Waals surface area (Å²) in [6, 6.07) is 17.3. The SMILES string of the molecule is CCCC[N+](CCCC)(CCCC)CCCC.CCCC[N+](CCCC)(CCCC)CCCC.O=C([O-])C[C@@H](C(=O)[O-])N(Cc1ccccc1)Cc1ccccc1. The number of rotatable bonds is 32. The molecule has 2 aromatic rings. The molecule has 7 nitrogen and oxygen atoms in total. The Hall–Kier alpha value is -2.74. The summed E-state index contributed by atoms with van der Waals surface area (Å²) in [6.45, 7) is 30.7. The van der Waals surface area contributed by atoms with Crippen molar-refractivity contribution in [1.29, 1.82) is 0 Å². The molecule has 0 aliphatic carbocycles. The van der Waals surface area contributed by atoms with Crippen LogP contribution in [0.3, 0.4) is 0 Å². The molecule has 0 spiro atoms. The third kappa shape index (κ3) is 26.1. The van der Waals surface area contributed by atoms with E-state index in [4.69, 9.17) is 0 Å². The molecule has 0 aromatic heterocycles. The van der Waals surface area contributed by atoms with Gasteiger partial charge in [-0.25, -0.2) is 0 Å². The summed E-state index contributed by atoms with van der Waals surface area (Å²) < 4.78 is 2.84. The molecule has 0 aliphatic rings. The summed E-state index contributed by atoms with van der Waals surface area (Å²) in [7, 11) is 0. The van der Waals surface area contributed by atoms with Crippen LogP contribution in [-0.2, 0) is 22.7 Å². The topological polar surface area (TPSA) is 83.5 Å². The Labute approximate surface area is 352 Å². The van der Waals surface area contributed by atoms with Gasteiger partial charge in [0.1, 0.15) is 0 Å². The summed E-state index contributed by atoms with van der Waals surface area (Å²) in [4.78, 5) is 23.9. The van der Waals surface area contributed by atoms with E-state index in [0.717, 1.165) is 11.1 Å². The molecule has 0 radical (unpaired) electrons. The lowest BCUT2D eigenvalue weighted by Crippen LogP contribution is -2.50. The maximum Gasteiger partial charge on any atom is 0.0786 e. The highest BCUT2D eigenvalue weighted by Crippen LogP contribution is 2.19. The van der Waals surface area contributed by atoms with Crippen LogP contribution in [0.5, 0.6) is 0 Å². The Morgan fingerprint density at radius 3 is 0.895 bits per heavy atom. The fourth-order valence-corrected chi connectivity index (χ4v) is 7.72. The summed E-state index contributed by atoms with van der Waals surface area (Å²) in [5.41, 5.74) is 1.79. The lowest BCUT2D eigenvalue weighted by Gasteiger charge is -2.39. The first kappa shape index (κ1) is 54.3. The van der Waals surface area contributed by atoms with Gasteiger partial charge in [-0.05, 0) is 62.5 Å². The highest BCUT2D eigenvalue weighted by molar-refractivity contribution is 5.78. The molecular formula is C50H89N3O4.